The quantitative estimate of drug-likeness (QED) is 0.239. The Morgan fingerprint density at radius 1 is 1.08 bits per heavy atom. The molecule has 2 aliphatic rings. The summed E-state index contributed by atoms with van der Waals surface area (Å²) in [4.78, 5) is 43.0. The van der Waals surface area contributed by atoms with Gasteiger partial charge >= 0.3 is 11.9 Å². The van der Waals surface area contributed by atoms with Crippen LogP contribution in [-0.4, -0.2) is 37.2 Å². The first-order valence-corrected chi connectivity index (χ1v) is 14.8. The summed E-state index contributed by atoms with van der Waals surface area (Å²) in [5, 5.41) is 5.42. The molecule has 2 heterocycles. The molecule has 3 atom stereocenters. The van der Waals surface area contributed by atoms with Crippen LogP contribution in [0.5, 0.6) is 0 Å². The molecule has 0 bridgehead atoms. The van der Waals surface area contributed by atoms with E-state index >= 15 is 0 Å². The highest BCUT2D eigenvalue weighted by atomic mass is 32.2. The van der Waals surface area contributed by atoms with E-state index in [0.717, 1.165) is 33.2 Å². The van der Waals surface area contributed by atoms with Gasteiger partial charge in [0, 0.05) is 38.6 Å². The number of esters is 2. The number of rotatable bonds is 9. The van der Waals surface area contributed by atoms with Gasteiger partial charge < -0.3 is 14.8 Å². The minimum atomic E-state index is -0.969. The summed E-state index contributed by atoms with van der Waals surface area (Å²) >= 11 is 3.16. The first-order chi connectivity index (χ1) is 17.9. The average Bonchev–Trinajstić information content (AvgIpc) is 3.43. The summed E-state index contributed by atoms with van der Waals surface area (Å²) in [6.07, 6.45) is 3.94. The molecule has 0 radical (unpaired) electrons. The van der Waals surface area contributed by atoms with Crippen molar-refractivity contribution in [3.8, 4) is 0 Å². The lowest BCUT2D eigenvalue weighted by atomic mass is 9.68. The van der Waals surface area contributed by atoms with E-state index in [2.05, 4.69) is 12.2 Å². The van der Waals surface area contributed by atoms with Gasteiger partial charge in [0.1, 0.15) is 5.92 Å². The average molecular weight is 540 g/mol. The zero-order chi connectivity index (χ0) is 26.5. The van der Waals surface area contributed by atoms with Crippen molar-refractivity contribution < 1.29 is 23.9 Å². The molecule has 0 unspecified atom stereocenters. The van der Waals surface area contributed by atoms with Crippen LogP contribution in [0.25, 0.3) is 0 Å². The van der Waals surface area contributed by atoms with E-state index in [4.69, 9.17) is 9.47 Å². The number of nitrogens with one attached hydrogen (secondary N) is 1. The van der Waals surface area contributed by atoms with Gasteiger partial charge in [0.15, 0.2) is 5.78 Å². The minimum Gasteiger partial charge on any atom is -0.465 e. The number of carbonyl (C=O) groups excluding carboxylic acids is 3. The SMILES string of the molecule is CCCC1=C(C(=O)OCC)[C@@H](c2ccc(SC)cc2)C2=C(C[C@@H](c3cccs3)[C@H](C(=O)OCC)C2=O)N1. The lowest BCUT2D eigenvalue weighted by Crippen LogP contribution is -2.43. The zero-order valence-electron chi connectivity index (χ0n) is 21.7. The van der Waals surface area contributed by atoms with Crippen LogP contribution in [0.1, 0.15) is 62.3 Å². The Morgan fingerprint density at radius 2 is 1.81 bits per heavy atom. The van der Waals surface area contributed by atoms with Gasteiger partial charge in [-0.1, -0.05) is 31.5 Å². The third kappa shape index (κ3) is 5.41. The summed E-state index contributed by atoms with van der Waals surface area (Å²) in [6.45, 7) is 5.99. The largest absolute Gasteiger partial charge is 0.465 e. The van der Waals surface area contributed by atoms with Crippen LogP contribution in [0.4, 0.5) is 0 Å². The fourth-order valence-electron chi connectivity index (χ4n) is 5.25. The van der Waals surface area contributed by atoms with Gasteiger partial charge in [0.25, 0.3) is 0 Å². The predicted octanol–water partition coefficient (Wildman–Crippen LogP) is 5.96. The normalized spacial score (nSPS) is 21.4. The van der Waals surface area contributed by atoms with Gasteiger partial charge in [-0.15, -0.1) is 23.1 Å². The second kappa shape index (κ2) is 12.1. The van der Waals surface area contributed by atoms with E-state index < -0.39 is 23.8 Å². The Balaban J connectivity index is 1.91. The van der Waals surface area contributed by atoms with Gasteiger partial charge in [-0.25, -0.2) is 4.79 Å². The van der Waals surface area contributed by atoms with Crippen molar-refractivity contribution >= 4 is 40.8 Å². The van der Waals surface area contributed by atoms with Gasteiger partial charge in [-0.05, 0) is 62.1 Å². The molecule has 196 valence electrons. The maximum atomic E-state index is 14.3. The zero-order valence-corrected chi connectivity index (χ0v) is 23.3. The number of hydrogen-bond acceptors (Lipinski definition) is 8. The molecule has 2 aromatic rings. The highest BCUT2D eigenvalue weighted by Crippen LogP contribution is 2.49. The number of thiophene rings is 1. The van der Waals surface area contributed by atoms with Crippen molar-refractivity contribution in [3.63, 3.8) is 0 Å². The molecule has 1 N–H and O–H groups in total. The van der Waals surface area contributed by atoms with Crippen molar-refractivity contribution in [2.45, 2.75) is 56.8 Å². The van der Waals surface area contributed by atoms with Crippen LogP contribution in [-0.2, 0) is 23.9 Å². The molecule has 0 fully saturated rings. The number of ether oxygens (including phenoxy) is 2. The van der Waals surface area contributed by atoms with E-state index in [1.165, 1.54) is 11.3 Å². The fraction of sp³-hybridized carbons (Fsp3) is 0.414. The second-order valence-corrected chi connectivity index (χ2v) is 10.9. The monoisotopic (exact) mass is 539 g/mol. The Morgan fingerprint density at radius 3 is 2.41 bits per heavy atom. The molecule has 37 heavy (non-hydrogen) atoms. The minimum absolute atomic E-state index is 0.193. The molecule has 1 aromatic heterocycles. The molecular weight excluding hydrogens is 506 g/mol. The van der Waals surface area contributed by atoms with Crippen LogP contribution in [0.3, 0.4) is 0 Å². The van der Waals surface area contributed by atoms with Gasteiger partial charge in [0.05, 0.1) is 18.8 Å². The Labute approximate surface area is 226 Å². The highest BCUT2D eigenvalue weighted by Gasteiger charge is 2.49. The molecule has 0 saturated carbocycles. The third-order valence-corrected chi connectivity index (χ3v) is 8.55. The number of allylic oxidation sites excluding steroid dienone is 3. The molecule has 0 spiro atoms. The number of hydrogen-bond donors (Lipinski definition) is 1. The summed E-state index contributed by atoms with van der Waals surface area (Å²) in [7, 11) is 0. The van der Waals surface area contributed by atoms with E-state index in [9.17, 15) is 14.4 Å². The molecule has 8 heteroatoms. The summed E-state index contributed by atoms with van der Waals surface area (Å²) in [5.74, 6) is -3.17. The van der Waals surface area contributed by atoms with Crippen molar-refractivity contribution in [1.29, 1.82) is 0 Å². The summed E-state index contributed by atoms with van der Waals surface area (Å²) in [5.41, 5.74) is 3.30. The van der Waals surface area contributed by atoms with Crippen LogP contribution in [0, 0.1) is 5.92 Å². The van der Waals surface area contributed by atoms with Gasteiger partial charge in [-0.3, -0.25) is 9.59 Å². The molecular formula is C29H33NO5S2. The second-order valence-electron chi connectivity index (χ2n) is 9.01. The van der Waals surface area contributed by atoms with Crippen LogP contribution >= 0.6 is 23.1 Å². The lowest BCUT2D eigenvalue weighted by molar-refractivity contribution is -0.152. The Hall–Kier alpha value is -2.84. The van der Waals surface area contributed by atoms with Crippen molar-refractivity contribution in [1.82, 2.24) is 5.32 Å². The number of Topliss-reactive ketones (excluding diaryl/α,β-unsaturated/α-hetero) is 1. The summed E-state index contributed by atoms with van der Waals surface area (Å²) in [6, 6.07) is 11.8. The maximum Gasteiger partial charge on any atom is 0.336 e. The van der Waals surface area contributed by atoms with Crippen LogP contribution in [0.2, 0.25) is 0 Å². The standard InChI is InChI=1S/C29H33NO5S2/c1-5-9-20-26(29(33)35-7-3)23(17-11-13-18(36-4)14-12-17)25-21(30-20)16-19(22-10-8-15-37-22)24(27(25)31)28(32)34-6-2/h8,10-15,19,23-24,30H,5-7,9,16H2,1-4H3/t19-,23-,24-/m0/s1. The number of ketones is 1. The van der Waals surface area contributed by atoms with Crippen LogP contribution in [0.15, 0.2) is 69.2 Å². The summed E-state index contributed by atoms with van der Waals surface area (Å²) < 4.78 is 10.9. The number of thioether (sulfide) groups is 1. The highest BCUT2D eigenvalue weighted by molar-refractivity contribution is 7.98. The van der Waals surface area contributed by atoms with Gasteiger partial charge in [-0.2, -0.15) is 0 Å². The van der Waals surface area contributed by atoms with Crippen molar-refractivity contribution in [2.24, 2.45) is 5.92 Å². The molecule has 6 nitrogen and oxygen atoms in total. The number of carbonyl (C=O) groups is 3. The molecule has 1 aliphatic heterocycles. The maximum absolute atomic E-state index is 14.3. The van der Waals surface area contributed by atoms with Crippen molar-refractivity contribution in [3.05, 3.63) is 74.8 Å². The first-order valence-electron chi connectivity index (χ1n) is 12.7. The molecule has 1 aromatic carbocycles. The number of benzene rings is 1. The topological polar surface area (TPSA) is 81.7 Å². The lowest BCUT2D eigenvalue weighted by Gasteiger charge is -2.39. The van der Waals surface area contributed by atoms with Crippen molar-refractivity contribution in [2.75, 3.05) is 19.5 Å². The Kier molecular flexibility index (Phi) is 8.92. The van der Waals surface area contributed by atoms with Gasteiger partial charge in [0.2, 0.25) is 0 Å². The van der Waals surface area contributed by atoms with E-state index in [1.807, 2.05) is 48.0 Å². The van der Waals surface area contributed by atoms with E-state index in [0.29, 0.717) is 24.0 Å². The predicted molar refractivity (Wildman–Crippen MR) is 146 cm³/mol. The first kappa shape index (κ1) is 27.2. The molecule has 4 rings (SSSR count). The molecule has 0 saturated heterocycles. The van der Waals surface area contributed by atoms with E-state index in [1.54, 1.807) is 25.6 Å². The van der Waals surface area contributed by atoms with Crippen LogP contribution < -0.4 is 5.32 Å². The Bertz CT molecular complexity index is 1210. The van der Waals surface area contributed by atoms with E-state index in [-0.39, 0.29) is 24.9 Å². The third-order valence-electron chi connectivity index (χ3n) is 6.80. The fourth-order valence-corrected chi connectivity index (χ4v) is 6.52. The molecule has 0 amide bonds. The molecule has 1 aliphatic carbocycles. The number of dihydropyridines is 1. The smallest absolute Gasteiger partial charge is 0.336 e.